The molecule has 2 rings (SSSR count). The van der Waals surface area contributed by atoms with E-state index in [-0.39, 0.29) is 17.3 Å². The molecule has 1 atom stereocenters. The van der Waals surface area contributed by atoms with E-state index in [0.717, 1.165) is 19.5 Å². The Labute approximate surface area is 121 Å². The van der Waals surface area contributed by atoms with Crippen molar-refractivity contribution in [3.63, 3.8) is 0 Å². The molecule has 0 spiro atoms. The van der Waals surface area contributed by atoms with Crippen LogP contribution in [0.5, 0.6) is 0 Å². The molecule has 20 heavy (non-hydrogen) atoms. The van der Waals surface area contributed by atoms with Gasteiger partial charge in [-0.05, 0) is 38.2 Å². The lowest BCUT2D eigenvalue weighted by Crippen LogP contribution is -2.39. The number of nitrogens with one attached hydrogen (secondary N) is 2. The summed E-state index contributed by atoms with van der Waals surface area (Å²) < 4.78 is 0. The molecule has 1 aromatic rings. The quantitative estimate of drug-likeness (QED) is 0.795. The van der Waals surface area contributed by atoms with E-state index in [4.69, 9.17) is 16.7 Å². The number of amides is 2. The Hall–Kier alpha value is -1.79. The van der Waals surface area contributed by atoms with Crippen LogP contribution in [0.1, 0.15) is 16.8 Å². The number of hydrogen-bond donors (Lipinski definition) is 3. The van der Waals surface area contributed by atoms with Gasteiger partial charge in [0.15, 0.2) is 0 Å². The molecule has 7 heteroatoms. The first-order chi connectivity index (χ1) is 9.45. The lowest BCUT2D eigenvalue weighted by atomic mass is 10.2. The minimum Gasteiger partial charge on any atom is -0.478 e. The monoisotopic (exact) mass is 297 g/mol. The van der Waals surface area contributed by atoms with E-state index in [1.807, 2.05) is 7.05 Å². The standard InChI is InChI=1S/C13H16ClN3O3/c1-17-5-4-9(7-17)15-13(20)16-11-3-2-8(14)6-10(11)12(18)19/h2-3,6,9H,4-5,7H2,1H3,(H,18,19)(H2,15,16,20). The maximum Gasteiger partial charge on any atom is 0.337 e. The summed E-state index contributed by atoms with van der Waals surface area (Å²) in [6.45, 7) is 1.73. The Morgan fingerprint density at radius 1 is 1.45 bits per heavy atom. The number of nitrogens with zero attached hydrogens (tertiary/aromatic N) is 1. The van der Waals surface area contributed by atoms with Crippen LogP contribution in [-0.4, -0.2) is 48.2 Å². The molecule has 0 aliphatic carbocycles. The van der Waals surface area contributed by atoms with Crippen molar-refractivity contribution in [1.82, 2.24) is 10.2 Å². The third-order valence-electron chi connectivity index (χ3n) is 3.19. The van der Waals surface area contributed by atoms with Crippen LogP contribution in [0.3, 0.4) is 0 Å². The number of anilines is 1. The van der Waals surface area contributed by atoms with Crippen LogP contribution >= 0.6 is 11.6 Å². The number of benzene rings is 1. The van der Waals surface area contributed by atoms with Gasteiger partial charge in [-0.3, -0.25) is 0 Å². The van der Waals surface area contributed by atoms with Crippen molar-refractivity contribution in [3.8, 4) is 0 Å². The smallest absolute Gasteiger partial charge is 0.337 e. The minimum absolute atomic E-state index is 0.0313. The minimum atomic E-state index is -1.14. The predicted octanol–water partition coefficient (Wildman–Crippen LogP) is 1.86. The number of urea groups is 1. The molecule has 1 saturated heterocycles. The number of halogens is 1. The predicted molar refractivity (Wildman–Crippen MR) is 76.5 cm³/mol. The molecule has 6 nitrogen and oxygen atoms in total. The Morgan fingerprint density at radius 2 is 2.20 bits per heavy atom. The van der Waals surface area contributed by atoms with Gasteiger partial charge >= 0.3 is 12.0 Å². The number of likely N-dealkylation sites (N-methyl/N-ethyl adjacent to an activating group) is 1. The average Bonchev–Trinajstić information content (AvgIpc) is 2.76. The summed E-state index contributed by atoms with van der Waals surface area (Å²) in [7, 11) is 1.99. The van der Waals surface area contributed by atoms with Gasteiger partial charge < -0.3 is 20.6 Å². The Balaban J connectivity index is 2.02. The van der Waals surface area contributed by atoms with Gasteiger partial charge in [0, 0.05) is 17.6 Å². The first-order valence-corrected chi connectivity index (χ1v) is 6.62. The molecule has 0 radical (unpaired) electrons. The van der Waals surface area contributed by atoms with Gasteiger partial charge in [-0.1, -0.05) is 11.6 Å². The van der Waals surface area contributed by atoms with Crippen molar-refractivity contribution in [2.45, 2.75) is 12.5 Å². The van der Waals surface area contributed by atoms with Crippen molar-refractivity contribution in [1.29, 1.82) is 0 Å². The number of likely N-dealkylation sites (tertiary alicyclic amines) is 1. The molecular formula is C13H16ClN3O3. The van der Waals surface area contributed by atoms with E-state index in [1.54, 1.807) is 0 Å². The Bertz CT molecular complexity index is 536. The van der Waals surface area contributed by atoms with Crippen LogP contribution in [-0.2, 0) is 0 Å². The third kappa shape index (κ3) is 3.61. The van der Waals surface area contributed by atoms with Gasteiger partial charge in [-0.2, -0.15) is 0 Å². The largest absolute Gasteiger partial charge is 0.478 e. The van der Waals surface area contributed by atoms with Gasteiger partial charge in [0.25, 0.3) is 0 Å². The zero-order valence-electron chi connectivity index (χ0n) is 11.0. The normalized spacial score (nSPS) is 18.8. The summed E-state index contributed by atoms with van der Waals surface area (Å²) in [5.74, 6) is -1.14. The molecule has 0 saturated carbocycles. The van der Waals surface area contributed by atoms with Crippen molar-refractivity contribution in [2.24, 2.45) is 0 Å². The molecule has 1 fully saturated rings. The Morgan fingerprint density at radius 3 is 2.80 bits per heavy atom. The second kappa shape index (κ2) is 6.11. The van der Waals surface area contributed by atoms with Crippen molar-refractivity contribution >= 4 is 29.3 Å². The fourth-order valence-corrected chi connectivity index (χ4v) is 2.37. The maximum atomic E-state index is 11.9. The van der Waals surface area contributed by atoms with Gasteiger partial charge in [0.1, 0.15) is 0 Å². The first-order valence-electron chi connectivity index (χ1n) is 6.24. The van der Waals surface area contributed by atoms with Crippen LogP contribution in [0.2, 0.25) is 5.02 Å². The topological polar surface area (TPSA) is 81.7 Å². The molecule has 1 aromatic carbocycles. The zero-order valence-corrected chi connectivity index (χ0v) is 11.8. The van der Waals surface area contributed by atoms with E-state index in [2.05, 4.69) is 15.5 Å². The molecule has 2 amide bonds. The third-order valence-corrected chi connectivity index (χ3v) is 3.42. The molecule has 1 unspecified atom stereocenters. The van der Waals surface area contributed by atoms with Crippen LogP contribution < -0.4 is 10.6 Å². The number of carboxylic acid groups (broad SMARTS) is 1. The molecular weight excluding hydrogens is 282 g/mol. The van der Waals surface area contributed by atoms with Crippen molar-refractivity contribution < 1.29 is 14.7 Å². The summed E-state index contributed by atoms with van der Waals surface area (Å²) in [6, 6.07) is 4.00. The molecule has 1 aliphatic heterocycles. The highest BCUT2D eigenvalue weighted by atomic mass is 35.5. The fourth-order valence-electron chi connectivity index (χ4n) is 2.20. The lowest BCUT2D eigenvalue weighted by Gasteiger charge is -2.14. The second-order valence-corrected chi connectivity index (χ2v) is 5.28. The summed E-state index contributed by atoms with van der Waals surface area (Å²) in [4.78, 5) is 25.1. The van der Waals surface area contributed by atoms with Gasteiger partial charge in [0.05, 0.1) is 11.3 Å². The lowest BCUT2D eigenvalue weighted by molar-refractivity contribution is 0.0698. The zero-order chi connectivity index (χ0) is 14.7. The molecule has 108 valence electrons. The van der Waals surface area contributed by atoms with E-state index in [9.17, 15) is 9.59 Å². The number of aromatic carboxylic acids is 1. The Kier molecular flexibility index (Phi) is 4.46. The first kappa shape index (κ1) is 14.6. The van der Waals surface area contributed by atoms with Crippen molar-refractivity contribution in [2.75, 3.05) is 25.5 Å². The number of carboxylic acids is 1. The fraction of sp³-hybridized carbons (Fsp3) is 0.385. The number of rotatable bonds is 3. The van der Waals surface area contributed by atoms with E-state index >= 15 is 0 Å². The summed E-state index contributed by atoms with van der Waals surface area (Å²) in [5, 5.41) is 14.8. The summed E-state index contributed by atoms with van der Waals surface area (Å²) >= 11 is 5.75. The average molecular weight is 298 g/mol. The van der Waals surface area contributed by atoms with Crippen LogP contribution in [0, 0.1) is 0 Å². The highest BCUT2D eigenvalue weighted by molar-refractivity contribution is 6.31. The molecule has 1 heterocycles. The second-order valence-electron chi connectivity index (χ2n) is 4.84. The van der Waals surface area contributed by atoms with Gasteiger partial charge in [-0.15, -0.1) is 0 Å². The van der Waals surface area contributed by atoms with E-state index < -0.39 is 12.0 Å². The van der Waals surface area contributed by atoms with Crippen LogP contribution in [0.4, 0.5) is 10.5 Å². The van der Waals surface area contributed by atoms with E-state index in [1.165, 1.54) is 18.2 Å². The molecule has 3 N–H and O–H groups in total. The molecule has 0 bridgehead atoms. The highest BCUT2D eigenvalue weighted by Gasteiger charge is 2.21. The number of hydrogen-bond acceptors (Lipinski definition) is 3. The van der Waals surface area contributed by atoms with Crippen LogP contribution in [0.25, 0.3) is 0 Å². The summed E-state index contributed by atoms with van der Waals surface area (Å²) in [6.07, 6.45) is 0.885. The highest BCUT2D eigenvalue weighted by Crippen LogP contribution is 2.20. The van der Waals surface area contributed by atoms with E-state index in [0.29, 0.717) is 5.02 Å². The molecule has 0 aromatic heterocycles. The van der Waals surface area contributed by atoms with Crippen molar-refractivity contribution in [3.05, 3.63) is 28.8 Å². The van der Waals surface area contributed by atoms with Gasteiger partial charge in [0.2, 0.25) is 0 Å². The maximum absolute atomic E-state index is 11.9. The number of carbonyl (C=O) groups excluding carboxylic acids is 1. The number of carbonyl (C=O) groups is 2. The van der Waals surface area contributed by atoms with Crippen LogP contribution in [0.15, 0.2) is 18.2 Å². The van der Waals surface area contributed by atoms with Gasteiger partial charge in [-0.25, -0.2) is 9.59 Å². The molecule has 1 aliphatic rings. The summed E-state index contributed by atoms with van der Waals surface area (Å²) in [5.41, 5.74) is 0.196. The SMILES string of the molecule is CN1CCC(NC(=O)Nc2ccc(Cl)cc2C(=O)O)C1.